The fraction of sp³-hybridized carbons (Fsp3) is 0.273. The first kappa shape index (κ1) is 12.0. The quantitative estimate of drug-likeness (QED) is 0.465. The van der Waals surface area contributed by atoms with Gasteiger partial charge in [-0.1, -0.05) is 0 Å². The number of ether oxygens (including phenoxy) is 1. The zero-order valence-electron chi connectivity index (χ0n) is 9.70. The number of nitrogens with zero attached hydrogens (tertiary/aromatic N) is 3. The Morgan fingerprint density at radius 1 is 1.56 bits per heavy atom. The lowest BCUT2D eigenvalue weighted by Gasteiger charge is -2.03. The number of aromatic nitrogens is 2. The van der Waals surface area contributed by atoms with Gasteiger partial charge in [0.25, 0.3) is 5.69 Å². The lowest BCUT2D eigenvalue weighted by atomic mass is 10.3. The van der Waals surface area contributed by atoms with Gasteiger partial charge in [0.2, 0.25) is 0 Å². The Bertz CT molecular complexity index is 605. The summed E-state index contributed by atoms with van der Waals surface area (Å²) in [6, 6.07) is 4.32. The summed E-state index contributed by atoms with van der Waals surface area (Å²) in [7, 11) is 0. The topological polar surface area (TPSA) is 87.3 Å². The second-order valence-corrected chi connectivity index (χ2v) is 3.61. The molecule has 2 aromatic rings. The molecule has 1 aromatic heterocycles. The summed E-state index contributed by atoms with van der Waals surface area (Å²) >= 11 is 0. The molecule has 0 spiro atoms. The highest BCUT2D eigenvalue weighted by molar-refractivity contribution is 5.80. The Morgan fingerprint density at radius 3 is 3.00 bits per heavy atom. The fourth-order valence-corrected chi connectivity index (χ4v) is 1.63. The minimum absolute atomic E-state index is 0.00842. The normalized spacial score (nSPS) is 10.5. The lowest BCUT2D eigenvalue weighted by molar-refractivity contribution is -0.384. The van der Waals surface area contributed by atoms with E-state index < -0.39 is 10.9 Å². The van der Waals surface area contributed by atoms with Crippen LogP contribution in [-0.2, 0) is 16.1 Å². The molecule has 0 amide bonds. The summed E-state index contributed by atoms with van der Waals surface area (Å²) in [5, 5.41) is 10.7. The Labute approximate surface area is 102 Å². The molecular formula is C11H11N3O4. The van der Waals surface area contributed by atoms with E-state index in [0.29, 0.717) is 17.6 Å². The first-order valence-electron chi connectivity index (χ1n) is 5.36. The average molecular weight is 249 g/mol. The molecule has 2 rings (SSSR count). The third-order valence-electron chi connectivity index (χ3n) is 2.42. The van der Waals surface area contributed by atoms with E-state index in [1.165, 1.54) is 23.0 Å². The molecule has 0 unspecified atom stereocenters. The van der Waals surface area contributed by atoms with Gasteiger partial charge in [0.1, 0.15) is 6.54 Å². The lowest BCUT2D eigenvalue weighted by Crippen LogP contribution is -2.12. The molecule has 1 aromatic carbocycles. The highest BCUT2D eigenvalue weighted by Crippen LogP contribution is 2.19. The van der Waals surface area contributed by atoms with E-state index in [1.807, 2.05) is 0 Å². The van der Waals surface area contributed by atoms with Crippen LogP contribution in [0.4, 0.5) is 5.69 Å². The number of rotatable bonds is 4. The van der Waals surface area contributed by atoms with Gasteiger partial charge >= 0.3 is 5.97 Å². The van der Waals surface area contributed by atoms with Crippen LogP contribution >= 0.6 is 0 Å². The molecule has 0 aliphatic carbocycles. The van der Waals surface area contributed by atoms with Crippen molar-refractivity contribution >= 4 is 22.7 Å². The molecule has 0 saturated heterocycles. The third kappa shape index (κ3) is 2.29. The van der Waals surface area contributed by atoms with Crippen molar-refractivity contribution in [3.8, 4) is 0 Å². The number of imidazole rings is 1. The molecular weight excluding hydrogens is 238 g/mol. The van der Waals surface area contributed by atoms with Crippen molar-refractivity contribution in [2.45, 2.75) is 13.5 Å². The molecule has 0 bridgehead atoms. The SMILES string of the molecule is CCOC(=O)Cn1cnc2ccc([N+](=O)[O-])cc21. The van der Waals surface area contributed by atoms with Gasteiger partial charge in [-0.05, 0) is 13.0 Å². The van der Waals surface area contributed by atoms with E-state index >= 15 is 0 Å². The number of hydrogen-bond donors (Lipinski definition) is 0. The first-order valence-corrected chi connectivity index (χ1v) is 5.36. The molecule has 0 aliphatic heterocycles. The van der Waals surface area contributed by atoms with Crippen molar-refractivity contribution in [3.63, 3.8) is 0 Å². The number of non-ortho nitro benzene ring substituents is 1. The van der Waals surface area contributed by atoms with Gasteiger partial charge in [-0.3, -0.25) is 14.9 Å². The highest BCUT2D eigenvalue weighted by atomic mass is 16.6. The van der Waals surface area contributed by atoms with Crippen LogP contribution in [0.5, 0.6) is 0 Å². The van der Waals surface area contributed by atoms with Crippen LogP contribution in [0.2, 0.25) is 0 Å². The maximum Gasteiger partial charge on any atom is 0.325 e. The molecule has 18 heavy (non-hydrogen) atoms. The fourth-order valence-electron chi connectivity index (χ4n) is 1.63. The maximum atomic E-state index is 11.4. The van der Waals surface area contributed by atoms with E-state index in [9.17, 15) is 14.9 Å². The number of nitro benzene ring substituents is 1. The summed E-state index contributed by atoms with van der Waals surface area (Å²) in [6.07, 6.45) is 1.46. The monoisotopic (exact) mass is 249 g/mol. The van der Waals surface area contributed by atoms with Crippen molar-refractivity contribution in [3.05, 3.63) is 34.6 Å². The number of carbonyl (C=O) groups excluding carboxylic acids is 1. The molecule has 0 aliphatic rings. The zero-order chi connectivity index (χ0) is 13.1. The number of benzene rings is 1. The Morgan fingerprint density at radius 2 is 2.33 bits per heavy atom. The summed E-state index contributed by atoms with van der Waals surface area (Å²) in [5.74, 6) is -0.400. The molecule has 0 saturated carbocycles. The van der Waals surface area contributed by atoms with E-state index in [4.69, 9.17) is 4.74 Å². The zero-order valence-corrected chi connectivity index (χ0v) is 9.70. The molecule has 0 fully saturated rings. The largest absolute Gasteiger partial charge is 0.465 e. The summed E-state index contributed by atoms with van der Waals surface area (Å²) in [6.45, 7) is 2.01. The Kier molecular flexibility index (Phi) is 3.22. The minimum atomic E-state index is -0.485. The predicted octanol–water partition coefficient (Wildman–Crippen LogP) is 1.51. The second kappa shape index (κ2) is 4.82. The molecule has 1 heterocycles. The predicted molar refractivity (Wildman–Crippen MR) is 63.0 cm³/mol. The number of nitro groups is 1. The third-order valence-corrected chi connectivity index (χ3v) is 2.42. The maximum absolute atomic E-state index is 11.4. The van der Waals surface area contributed by atoms with Gasteiger partial charge in [-0.15, -0.1) is 0 Å². The highest BCUT2D eigenvalue weighted by Gasteiger charge is 2.12. The minimum Gasteiger partial charge on any atom is -0.465 e. The van der Waals surface area contributed by atoms with Gasteiger partial charge in [0, 0.05) is 12.1 Å². The van der Waals surface area contributed by atoms with Crippen LogP contribution in [0.1, 0.15) is 6.92 Å². The van der Waals surface area contributed by atoms with Crippen LogP contribution in [-0.4, -0.2) is 27.1 Å². The van der Waals surface area contributed by atoms with Crippen LogP contribution in [0, 0.1) is 10.1 Å². The van der Waals surface area contributed by atoms with Crippen LogP contribution in [0.3, 0.4) is 0 Å². The summed E-state index contributed by atoms with van der Waals surface area (Å²) in [5.41, 5.74) is 1.11. The van der Waals surface area contributed by atoms with Crippen molar-refractivity contribution in [2.75, 3.05) is 6.61 Å². The van der Waals surface area contributed by atoms with Gasteiger partial charge in [0.15, 0.2) is 0 Å². The van der Waals surface area contributed by atoms with Gasteiger partial charge in [0.05, 0.1) is 28.9 Å². The van der Waals surface area contributed by atoms with Crippen LogP contribution < -0.4 is 0 Å². The van der Waals surface area contributed by atoms with E-state index in [2.05, 4.69) is 4.98 Å². The summed E-state index contributed by atoms with van der Waals surface area (Å²) in [4.78, 5) is 25.6. The molecule has 7 nitrogen and oxygen atoms in total. The second-order valence-electron chi connectivity index (χ2n) is 3.61. The number of carbonyl (C=O) groups is 1. The van der Waals surface area contributed by atoms with Crippen molar-refractivity contribution < 1.29 is 14.5 Å². The molecule has 7 heteroatoms. The van der Waals surface area contributed by atoms with Crippen molar-refractivity contribution in [1.82, 2.24) is 9.55 Å². The van der Waals surface area contributed by atoms with Crippen LogP contribution in [0.25, 0.3) is 11.0 Å². The molecule has 94 valence electrons. The standard InChI is InChI=1S/C11H11N3O4/c1-2-18-11(15)6-13-7-12-9-4-3-8(14(16)17)5-10(9)13/h3-5,7H,2,6H2,1H3. The molecule has 0 atom stereocenters. The van der Waals surface area contributed by atoms with Crippen molar-refractivity contribution in [2.24, 2.45) is 0 Å². The molecule has 0 radical (unpaired) electrons. The van der Waals surface area contributed by atoms with Crippen LogP contribution in [0.15, 0.2) is 24.5 Å². The van der Waals surface area contributed by atoms with Gasteiger partial charge in [-0.2, -0.15) is 0 Å². The summed E-state index contributed by atoms with van der Waals surface area (Å²) < 4.78 is 6.35. The Hall–Kier alpha value is -2.44. The van der Waals surface area contributed by atoms with E-state index in [-0.39, 0.29) is 12.2 Å². The average Bonchev–Trinajstić information content (AvgIpc) is 2.72. The van der Waals surface area contributed by atoms with E-state index in [0.717, 1.165) is 0 Å². The number of fused-ring (bicyclic) bond motifs is 1. The van der Waals surface area contributed by atoms with E-state index in [1.54, 1.807) is 13.0 Å². The Balaban J connectivity index is 2.36. The number of hydrogen-bond acceptors (Lipinski definition) is 5. The van der Waals surface area contributed by atoms with Crippen molar-refractivity contribution in [1.29, 1.82) is 0 Å². The number of esters is 1. The first-order chi connectivity index (χ1) is 8.61. The smallest absolute Gasteiger partial charge is 0.325 e. The molecule has 0 N–H and O–H groups in total. The van der Waals surface area contributed by atoms with Gasteiger partial charge in [-0.25, -0.2) is 4.98 Å². The van der Waals surface area contributed by atoms with Gasteiger partial charge < -0.3 is 9.30 Å².